The topological polar surface area (TPSA) is 55.9 Å². The van der Waals surface area contributed by atoms with Crippen molar-refractivity contribution in [3.63, 3.8) is 0 Å². The molecule has 2 amide bonds. The number of carbonyl (C=O) groups is 2. The lowest BCUT2D eigenvalue weighted by Gasteiger charge is -2.36. The van der Waals surface area contributed by atoms with Crippen LogP contribution in [0.25, 0.3) is 0 Å². The number of hydrogen-bond acceptors (Lipinski definition) is 5. The van der Waals surface area contributed by atoms with Gasteiger partial charge in [0.25, 0.3) is 11.8 Å². The summed E-state index contributed by atoms with van der Waals surface area (Å²) in [5.41, 5.74) is 3.36. The van der Waals surface area contributed by atoms with Crippen LogP contribution in [0.2, 0.25) is 10.0 Å². The first-order valence-electron chi connectivity index (χ1n) is 14.0. The molecule has 10 heteroatoms. The monoisotopic (exact) mass is 634 g/mol. The highest BCUT2D eigenvalue weighted by Crippen LogP contribution is 2.42. The Hall–Kier alpha value is -3.56. The fourth-order valence-corrected chi connectivity index (χ4v) is 6.84. The summed E-state index contributed by atoms with van der Waals surface area (Å²) < 4.78 is 13.7. The van der Waals surface area contributed by atoms with Gasteiger partial charge in [-0.1, -0.05) is 59.2 Å². The van der Waals surface area contributed by atoms with Crippen molar-refractivity contribution in [3.8, 4) is 0 Å². The molecule has 0 unspecified atom stereocenters. The molecule has 220 valence electrons. The number of hydrogen-bond donors (Lipinski definition) is 1. The molecule has 2 heterocycles. The van der Waals surface area contributed by atoms with Gasteiger partial charge in [0.05, 0.1) is 17.8 Å². The minimum atomic E-state index is -0.445. The molecule has 0 aliphatic carbocycles. The van der Waals surface area contributed by atoms with E-state index < -0.39 is 5.82 Å². The number of carbonyl (C=O) groups excluding carboxylic acids is 2. The Balaban J connectivity index is 1.15. The first-order valence-corrected chi connectivity index (χ1v) is 15.6. The van der Waals surface area contributed by atoms with E-state index in [-0.39, 0.29) is 23.4 Å². The molecule has 1 saturated heterocycles. The van der Waals surface area contributed by atoms with Crippen molar-refractivity contribution in [1.29, 1.82) is 0 Å². The van der Waals surface area contributed by atoms with Gasteiger partial charge in [0.1, 0.15) is 5.82 Å². The highest BCUT2D eigenvalue weighted by molar-refractivity contribution is 7.99. The quantitative estimate of drug-likeness (QED) is 0.237. The van der Waals surface area contributed by atoms with Gasteiger partial charge < -0.3 is 15.1 Å². The van der Waals surface area contributed by atoms with Crippen molar-refractivity contribution >= 4 is 58.2 Å². The van der Waals surface area contributed by atoms with E-state index in [1.54, 1.807) is 29.2 Å². The number of piperazine rings is 1. The first kappa shape index (κ1) is 29.5. The fourth-order valence-electron chi connectivity index (χ4n) is 5.37. The fraction of sp³-hybridized carbons (Fsp3) is 0.212. The summed E-state index contributed by atoms with van der Waals surface area (Å²) >= 11 is 14.0. The van der Waals surface area contributed by atoms with E-state index in [0.717, 1.165) is 53.2 Å². The molecular formula is C33H29Cl2FN4O2S. The zero-order valence-corrected chi connectivity index (χ0v) is 25.6. The molecule has 4 aromatic rings. The average Bonchev–Trinajstić information content (AvgIpc) is 3.12. The Labute approximate surface area is 264 Å². The number of anilines is 2. The van der Waals surface area contributed by atoms with Crippen LogP contribution in [0.4, 0.5) is 15.8 Å². The summed E-state index contributed by atoms with van der Waals surface area (Å²) in [4.78, 5) is 35.0. The van der Waals surface area contributed by atoms with Gasteiger partial charge in [-0.05, 0) is 66.2 Å². The SMILES string of the molecule is O=C(NCCN1CCN(c2cccc(Cl)c2)CC1)c1ccc2c(c1)N(Cc1ccc(F)cc1Cl)C(=O)c1ccccc1S2. The second-order valence-electron chi connectivity index (χ2n) is 10.5. The third kappa shape index (κ3) is 6.68. The second-order valence-corrected chi connectivity index (χ2v) is 12.4. The largest absolute Gasteiger partial charge is 0.369 e. The molecule has 43 heavy (non-hydrogen) atoms. The van der Waals surface area contributed by atoms with Crippen LogP contribution < -0.4 is 15.1 Å². The minimum Gasteiger partial charge on any atom is -0.369 e. The van der Waals surface area contributed by atoms with E-state index in [1.807, 2.05) is 42.5 Å². The highest BCUT2D eigenvalue weighted by atomic mass is 35.5. The van der Waals surface area contributed by atoms with E-state index in [9.17, 15) is 14.0 Å². The van der Waals surface area contributed by atoms with E-state index in [1.165, 1.54) is 23.9 Å². The van der Waals surface area contributed by atoms with Crippen molar-refractivity contribution in [2.75, 3.05) is 49.1 Å². The second kappa shape index (κ2) is 13.0. The van der Waals surface area contributed by atoms with Crippen molar-refractivity contribution in [2.24, 2.45) is 0 Å². The maximum atomic E-state index is 13.8. The van der Waals surface area contributed by atoms with Crippen LogP contribution in [-0.2, 0) is 6.54 Å². The van der Waals surface area contributed by atoms with Gasteiger partial charge in [0, 0.05) is 70.4 Å². The van der Waals surface area contributed by atoms with Crippen molar-refractivity contribution in [2.45, 2.75) is 16.3 Å². The number of halogens is 3. The zero-order valence-electron chi connectivity index (χ0n) is 23.2. The van der Waals surface area contributed by atoms with Crippen molar-refractivity contribution in [1.82, 2.24) is 10.2 Å². The van der Waals surface area contributed by atoms with Crippen LogP contribution in [0.1, 0.15) is 26.3 Å². The van der Waals surface area contributed by atoms with Gasteiger partial charge in [0.15, 0.2) is 0 Å². The molecule has 4 aromatic carbocycles. The molecule has 2 aliphatic rings. The number of fused-ring (bicyclic) bond motifs is 2. The molecule has 0 radical (unpaired) electrons. The molecule has 0 saturated carbocycles. The molecule has 0 aromatic heterocycles. The molecular weight excluding hydrogens is 606 g/mol. The average molecular weight is 636 g/mol. The lowest BCUT2D eigenvalue weighted by atomic mass is 10.1. The number of nitrogens with one attached hydrogen (secondary N) is 1. The predicted molar refractivity (Wildman–Crippen MR) is 171 cm³/mol. The summed E-state index contributed by atoms with van der Waals surface area (Å²) in [5.74, 6) is -0.866. The Bertz CT molecular complexity index is 1680. The molecule has 6 nitrogen and oxygen atoms in total. The number of nitrogens with zero attached hydrogens (tertiary/aromatic N) is 3. The summed E-state index contributed by atoms with van der Waals surface area (Å²) in [7, 11) is 0. The first-order chi connectivity index (χ1) is 20.9. The van der Waals surface area contributed by atoms with Crippen molar-refractivity contribution in [3.05, 3.63) is 117 Å². The zero-order chi connectivity index (χ0) is 29.9. The Morgan fingerprint density at radius 2 is 1.70 bits per heavy atom. The van der Waals surface area contributed by atoms with E-state index in [4.69, 9.17) is 23.2 Å². The summed E-state index contributed by atoms with van der Waals surface area (Å²) in [5, 5.41) is 4.01. The number of benzene rings is 4. The predicted octanol–water partition coefficient (Wildman–Crippen LogP) is 7.00. The number of amides is 2. The third-order valence-corrected chi connectivity index (χ3v) is 9.43. The molecule has 2 aliphatic heterocycles. The Kier molecular flexibility index (Phi) is 8.90. The van der Waals surface area contributed by atoms with Gasteiger partial charge in [0.2, 0.25) is 0 Å². The van der Waals surface area contributed by atoms with Crippen LogP contribution in [-0.4, -0.2) is 56.0 Å². The van der Waals surface area contributed by atoms with Gasteiger partial charge in [-0.15, -0.1) is 0 Å². The maximum absolute atomic E-state index is 13.8. The third-order valence-electron chi connectivity index (χ3n) is 7.70. The van der Waals surface area contributed by atoms with E-state index in [2.05, 4.69) is 21.2 Å². The molecule has 1 N–H and O–H groups in total. The van der Waals surface area contributed by atoms with E-state index >= 15 is 0 Å². The molecule has 0 atom stereocenters. The highest BCUT2D eigenvalue weighted by Gasteiger charge is 2.29. The van der Waals surface area contributed by atoms with Crippen LogP contribution >= 0.6 is 35.0 Å². The van der Waals surface area contributed by atoms with Gasteiger partial charge in [-0.25, -0.2) is 4.39 Å². The standard InChI is InChI=1S/C33H29Cl2FN4O2S/c34-24-4-3-5-26(19-24)39-16-14-38(15-17-39)13-12-37-32(41)22-9-11-31-29(18-22)40(21-23-8-10-25(36)20-28(23)35)33(42)27-6-1-2-7-30(27)43-31/h1-11,18-20H,12-17,21H2,(H,37,41). The molecule has 0 spiro atoms. The van der Waals surface area contributed by atoms with Crippen LogP contribution in [0.5, 0.6) is 0 Å². The molecule has 1 fully saturated rings. The Morgan fingerprint density at radius 3 is 2.49 bits per heavy atom. The summed E-state index contributed by atoms with van der Waals surface area (Å²) in [6, 6.07) is 24.9. The Morgan fingerprint density at radius 1 is 0.884 bits per heavy atom. The minimum absolute atomic E-state index is 0.131. The number of rotatable bonds is 7. The molecule has 6 rings (SSSR count). The summed E-state index contributed by atoms with van der Waals surface area (Å²) in [6.07, 6.45) is 0. The van der Waals surface area contributed by atoms with E-state index in [0.29, 0.717) is 28.9 Å². The van der Waals surface area contributed by atoms with Crippen LogP contribution in [0.3, 0.4) is 0 Å². The van der Waals surface area contributed by atoms with Gasteiger partial charge in [-0.2, -0.15) is 0 Å². The lowest BCUT2D eigenvalue weighted by Crippen LogP contribution is -2.48. The smallest absolute Gasteiger partial charge is 0.259 e. The lowest BCUT2D eigenvalue weighted by molar-refractivity contribution is 0.0944. The van der Waals surface area contributed by atoms with Gasteiger partial charge in [-0.3, -0.25) is 14.5 Å². The summed E-state index contributed by atoms with van der Waals surface area (Å²) in [6.45, 7) is 4.93. The van der Waals surface area contributed by atoms with Crippen LogP contribution in [0.15, 0.2) is 94.7 Å². The van der Waals surface area contributed by atoms with Crippen molar-refractivity contribution < 1.29 is 14.0 Å². The van der Waals surface area contributed by atoms with Crippen LogP contribution in [0, 0.1) is 5.82 Å². The van der Waals surface area contributed by atoms with Gasteiger partial charge >= 0.3 is 0 Å². The maximum Gasteiger partial charge on any atom is 0.259 e. The normalized spacial score (nSPS) is 15.1. The molecule has 0 bridgehead atoms.